The number of nitrogens with zero attached hydrogens (tertiary/aromatic N) is 4. The molecule has 1 aromatic carbocycles. The lowest BCUT2D eigenvalue weighted by Gasteiger charge is -2.25. The van der Waals surface area contributed by atoms with Crippen molar-refractivity contribution in [3.8, 4) is 28.4 Å². The lowest BCUT2D eigenvalue weighted by atomic mass is 10.1. The molecule has 1 saturated carbocycles. The van der Waals surface area contributed by atoms with Gasteiger partial charge < -0.3 is 19.3 Å². The molecule has 196 valence electrons. The molecule has 2 aromatic heterocycles. The van der Waals surface area contributed by atoms with Crippen molar-refractivity contribution in [1.82, 2.24) is 24.9 Å². The van der Waals surface area contributed by atoms with Gasteiger partial charge in [-0.1, -0.05) is 30.1 Å². The van der Waals surface area contributed by atoms with Crippen LogP contribution in [0.2, 0.25) is 0 Å². The average Bonchev–Trinajstić information content (AvgIpc) is 3.61. The summed E-state index contributed by atoms with van der Waals surface area (Å²) in [6, 6.07) is 11.1. The van der Waals surface area contributed by atoms with Gasteiger partial charge in [-0.3, -0.25) is 19.1 Å². The monoisotopic (exact) mass is 507 g/mol. The Balaban J connectivity index is 1.42. The van der Waals surface area contributed by atoms with Gasteiger partial charge in [0.05, 0.1) is 31.6 Å². The molecule has 3 aromatic rings. The number of nitrogens with one attached hydrogen (secondary N) is 1. The maximum Gasteiger partial charge on any atom is 0.262 e. The molecule has 37 heavy (non-hydrogen) atoms. The van der Waals surface area contributed by atoms with Crippen LogP contribution in [0.5, 0.6) is 5.75 Å². The second-order valence-electron chi connectivity index (χ2n) is 9.52. The third kappa shape index (κ3) is 6.08. The molecule has 0 unspecified atom stereocenters. The summed E-state index contributed by atoms with van der Waals surface area (Å²) in [5, 5.41) is 7.16. The maximum absolute atomic E-state index is 13.7. The van der Waals surface area contributed by atoms with Gasteiger partial charge in [-0.25, -0.2) is 0 Å². The van der Waals surface area contributed by atoms with Gasteiger partial charge >= 0.3 is 0 Å². The van der Waals surface area contributed by atoms with E-state index in [2.05, 4.69) is 20.4 Å². The van der Waals surface area contributed by atoms with Crippen molar-refractivity contribution in [2.75, 3.05) is 40.0 Å². The van der Waals surface area contributed by atoms with Crippen molar-refractivity contribution in [2.45, 2.75) is 44.7 Å². The molecule has 0 atom stereocenters. The van der Waals surface area contributed by atoms with Crippen LogP contribution in [0.4, 0.5) is 0 Å². The summed E-state index contributed by atoms with van der Waals surface area (Å²) in [7, 11) is 1.59. The number of ether oxygens (including phenoxy) is 2. The number of carbonyl (C=O) groups excluding carboxylic acids is 1. The Labute approximate surface area is 215 Å². The summed E-state index contributed by atoms with van der Waals surface area (Å²) in [5.41, 5.74) is 1.34. The molecule has 5 rings (SSSR count). The van der Waals surface area contributed by atoms with E-state index < -0.39 is 0 Å². The largest absolute Gasteiger partial charge is 0.497 e. The second-order valence-corrected chi connectivity index (χ2v) is 9.52. The molecule has 10 nitrogen and oxygen atoms in total. The Morgan fingerprint density at radius 1 is 1.16 bits per heavy atom. The van der Waals surface area contributed by atoms with Gasteiger partial charge in [0.1, 0.15) is 12.3 Å². The van der Waals surface area contributed by atoms with Gasteiger partial charge in [-0.15, -0.1) is 0 Å². The van der Waals surface area contributed by atoms with Gasteiger partial charge in [0.15, 0.2) is 0 Å². The fraction of sp³-hybridized carbons (Fsp3) is 0.481. The first-order valence-electron chi connectivity index (χ1n) is 12.9. The summed E-state index contributed by atoms with van der Waals surface area (Å²) in [6.07, 6.45) is 4.76. The number of rotatable bonds is 9. The SMILES string of the molecule is COc1cccc(-c2ccc(-c3noc(CCN4CCOCC4)n3)c(=O)n2CC(=O)NC2CCCC2)c1. The van der Waals surface area contributed by atoms with E-state index in [9.17, 15) is 9.59 Å². The molecular formula is C27H33N5O5. The number of hydrogen-bond acceptors (Lipinski definition) is 8. The zero-order chi connectivity index (χ0) is 25.6. The molecule has 3 heterocycles. The number of hydrogen-bond donors (Lipinski definition) is 1. The molecule has 1 saturated heterocycles. The molecule has 2 fully saturated rings. The molecule has 0 bridgehead atoms. The van der Waals surface area contributed by atoms with Crippen LogP contribution in [0.3, 0.4) is 0 Å². The lowest BCUT2D eigenvalue weighted by molar-refractivity contribution is -0.122. The third-order valence-electron chi connectivity index (χ3n) is 7.02. The zero-order valence-electron chi connectivity index (χ0n) is 21.1. The highest BCUT2D eigenvalue weighted by Crippen LogP contribution is 2.25. The average molecular weight is 508 g/mol. The summed E-state index contributed by atoms with van der Waals surface area (Å²) in [5.74, 6) is 1.18. The topological polar surface area (TPSA) is 112 Å². The highest BCUT2D eigenvalue weighted by molar-refractivity contribution is 5.77. The molecule has 1 amide bonds. The van der Waals surface area contributed by atoms with Crippen molar-refractivity contribution >= 4 is 5.91 Å². The molecule has 0 spiro atoms. The number of morpholine rings is 1. The third-order valence-corrected chi connectivity index (χ3v) is 7.02. The highest BCUT2D eigenvalue weighted by Gasteiger charge is 2.21. The summed E-state index contributed by atoms with van der Waals surface area (Å²) in [6.45, 7) is 3.88. The Hall–Kier alpha value is -3.50. The van der Waals surface area contributed by atoms with Gasteiger partial charge in [0.2, 0.25) is 17.6 Å². The number of benzene rings is 1. The molecule has 1 N–H and O–H groups in total. The standard InChI is InChI=1S/C27H33N5O5/c1-35-21-8-4-5-19(17-21)23-10-9-22(27(34)32(23)18-24(33)28-20-6-2-3-7-20)26-29-25(37-30-26)11-12-31-13-15-36-16-14-31/h4-5,8-10,17,20H,2-3,6-7,11-16,18H2,1H3,(H,28,33). The molecule has 2 aliphatic rings. The minimum atomic E-state index is -0.345. The molecule has 0 radical (unpaired) electrons. The molecule has 1 aliphatic carbocycles. The lowest BCUT2D eigenvalue weighted by Crippen LogP contribution is -2.38. The van der Waals surface area contributed by atoms with Crippen LogP contribution in [-0.4, -0.2) is 71.5 Å². The Kier molecular flexibility index (Phi) is 7.96. The minimum Gasteiger partial charge on any atom is -0.497 e. The predicted octanol–water partition coefficient (Wildman–Crippen LogP) is 2.51. The fourth-order valence-electron chi connectivity index (χ4n) is 4.97. The Morgan fingerprint density at radius 3 is 2.76 bits per heavy atom. The molecule has 10 heteroatoms. The van der Waals surface area contributed by atoms with Crippen molar-refractivity contribution < 1.29 is 18.8 Å². The normalized spacial score (nSPS) is 16.7. The van der Waals surface area contributed by atoms with Crippen molar-refractivity contribution in [3.63, 3.8) is 0 Å². The van der Waals surface area contributed by atoms with Crippen LogP contribution >= 0.6 is 0 Å². The highest BCUT2D eigenvalue weighted by atomic mass is 16.5. The van der Waals surface area contributed by atoms with Crippen LogP contribution in [0.25, 0.3) is 22.6 Å². The number of pyridine rings is 1. The number of aromatic nitrogens is 3. The molecule has 1 aliphatic heterocycles. The van der Waals surface area contributed by atoms with E-state index in [1.807, 2.05) is 30.3 Å². The van der Waals surface area contributed by atoms with Gasteiger partial charge in [-0.05, 0) is 37.1 Å². The first kappa shape index (κ1) is 25.2. The van der Waals surface area contributed by atoms with Crippen molar-refractivity contribution in [2.24, 2.45) is 0 Å². The van der Waals surface area contributed by atoms with Gasteiger partial charge in [0, 0.05) is 37.7 Å². The van der Waals surface area contributed by atoms with Gasteiger partial charge in [-0.2, -0.15) is 4.98 Å². The molecular weight excluding hydrogens is 474 g/mol. The first-order valence-corrected chi connectivity index (χ1v) is 12.9. The van der Waals surface area contributed by atoms with E-state index in [0.29, 0.717) is 29.3 Å². The fourth-order valence-corrected chi connectivity index (χ4v) is 4.97. The van der Waals surface area contributed by atoms with E-state index in [1.54, 1.807) is 13.2 Å². The second kappa shape index (κ2) is 11.7. The quantitative estimate of drug-likeness (QED) is 0.470. The number of methoxy groups -OCH3 is 1. The van der Waals surface area contributed by atoms with Crippen LogP contribution in [0.15, 0.2) is 45.7 Å². The minimum absolute atomic E-state index is 0.0997. The van der Waals surface area contributed by atoms with Crippen LogP contribution in [0.1, 0.15) is 31.6 Å². The summed E-state index contributed by atoms with van der Waals surface area (Å²) >= 11 is 0. The van der Waals surface area contributed by atoms with Crippen molar-refractivity contribution in [1.29, 1.82) is 0 Å². The van der Waals surface area contributed by atoms with E-state index in [1.165, 1.54) is 4.57 Å². The van der Waals surface area contributed by atoms with E-state index >= 15 is 0 Å². The number of amides is 1. The van der Waals surface area contributed by atoms with E-state index in [4.69, 9.17) is 14.0 Å². The maximum atomic E-state index is 13.7. The summed E-state index contributed by atoms with van der Waals surface area (Å²) < 4.78 is 17.7. The Morgan fingerprint density at radius 2 is 1.97 bits per heavy atom. The zero-order valence-corrected chi connectivity index (χ0v) is 21.1. The van der Waals surface area contributed by atoms with E-state index in [0.717, 1.165) is 64.1 Å². The van der Waals surface area contributed by atoms with E-state index in [-0.39, 0.29) is 29.9 Å². The summed E-state index contributed by atoms with van der Waals surface area (Å²) in [4.78, 5) is 33.4. The van der Waals surface area contributed by atoms with Crippen LogP contribution in [-0.2, 0) is 22.5 Å². The first-order chi connectivity index (χ1) is 18.1. The predicted molar refractivity (Wildman–Crippen MR) is 137 cm³/mol. The smallest absolute Gasteiger partial charge is 0.262 e. The Bertz CT molecular complexity index is 1270. The van der Waals surface area contributed by atoms with Gasteiger partial charge in [0.25, 0.3) is 5.56 Å². The van der Waals surface area contributed by atoms with Crippen LogP contribution < -0.4 is 15.6 Å². The van der Waals surface area contributed by atoms with Crippen molar-refractivity contribution in [3.05, 3.63) is 52.6 Å². The van der Waals surface area contributed by atoms with Crippen LogP contribution in [0, 0.1) is 0 Å². The number of carbonyl (C=O) groups is 1.